The van der Waals surface area contributed by atoms with E-state index >= 15 is 0 Å². The molecule has 0 unspecified atom stereocenters. The summed E-state index contributed by atoms with van der Waals surface area (Å²) in [7, 11) is 0. The van der Waals surface area contributed by atoms with Gasteiger partial charge >= 0.3 is 0 Å². The van der Waals surface area contributed by atoms with Gasteiger partial charge in [-0.2, -0.15) is 0 Å². The van der Waals surface area contributed by atoms with E-state index in [1.807, 2.05) is 25.1 Å². The molecule has 2 rings (SSSR count). The molecule has 0 fully saturated rings. The Morgan fingerprint density at radius 1 is 1.10 bits per heavy atom. The second-order valence-electron chi connectivity index (χ2n) is 5.19. The molecule has 0 heterocycles. The molecule has 2 aromatic carbocycles. The van der Waals surface area contributed by atoms with Crippen LogP contribution in [0.25, 0.3) is 0 Å². The summed E-state index contributed by atoms with van der Waals surface area (Å²) < 4.78 is 0. The molecule has 4 heteroatoms. The van der Waals surface area contributed by atoms with Crippen molar-refractivity contribution in [2.75, 3.05) is 5.32 Å². The molecule has 0 atom stereocenters. The SMILES string of the molecule is CCc1ccccc1CNc1cc([N+](=O)[O-])c(C)cc1C. The van der Waals surface area contributed by atoms with E-state index in [0.29, 0.717) is 12.1 Å². The van der Waals surface area contributed by atoms with Crippen LogP contribution in [0.4, 0.5) is 11.4 Å². The third-order valence-corrected chi connectivity index (χ3v) is 3.71. The summed E-state index contributed by atoms with van der Waals surface area (Å²) in [4.78, 5) is 10.7. The van der Waals surface area contributed by atoms with Crippen LogP contribution in [0.2, 0.25) is 0 Å². The molecule has 0 aliphatic rings. The van der Waals surface area contributed by atoms with Crippen LogP contribution >= 0.6 is 0 Å². The van der Waals surface area contributed by atoms with Gasteiger partial charge in [0.15, 0.2) is 0 Å². The van der Waals surface area contributed by atoms with E-state index in [4.69, 9.17) is 0 Å². The summed E-state index contributed by atoms with van der Waals surface area (Å²) in [5.41, 5.74) is 5.21. The molecule has 21 heavy (non-hydrogen) atoms. The maximum atomic E-state index is 11.0. The molecule has 0 bridgehead atoms. The predicted molar refractivity (Wildman–Crippen MR) is 85.7 cm³/mol. The van der Waals surface area contributed by atoms with Crippen LogP contribution in [-0.2, 0) is 13.0 Å². The number of nitro benzene ring substituents is 1. The van der Waals surface area contributed by atoms with Crippen molar-refractivity contribution < 1.29 is 4.92 Å². The summed E-state index contributed by atoms with van der Waals surface area (Å²) in [6.07, 6.45) is 0.977. The highest BCUT2D eigenvalue weighted by molar-refractivity contribution is 5.60. The third kappa shape index (κ3) is 3.40. The van der Waals surface area contributed by atoms with Crippen molar-refractivity contribution >= 4 is 11.4 Å². The van der Waals surface area contributed by atoms with Crippen molar-refractivity contribution in [2.45, 2.75) is 33.7 Å². The first kappa shape index (κ1) is 15.0. The summed E-state index contributed by atoms with van der Waals surface area (Å²) in [5.74, 6) is 0. The number of rotatable bonds is 5. The van der Waals surface area contributed by atoms with E-state index in [9.17, 15) is 10.1 Å². The fourth-order valence-electron chi connectivity index (χ4n) is 2.49. The standard InChI is InChI=1S/C17H20N2O2/c1-4-14-7-5-6-8-15(14)11-18-16-10-17(19(20)21)13(3)9-12(16)2/h5-10,18H,4,11H2,1-3H3. The molecule has 0 aliphatic heterocycles. The smallest absolute Gasteiger partial charge is 0.274 e. The Kier molecular flexibility index (Phi) is 4.58. The lowest BCUT2D eigenvalue weighted by Crippen LogP contribution is -2.05. The Balaban J connectivity index is 2.24. The Hall–Kier alpha value is -2.36. The Labute approximate surface area is 125 Å². The highest BCUT2D eigenvalue weighted by Gasteiger charge is 2.13. The van der Waals surface area contributed by atoms with Gasteiger partial charge < -0.3 is 5.32 Å². The van der Waals surface area contributed by atoms with Crippen molar-refractivity contribution in [1.82, 2.24) is 0 Å². The highest BCUT2D eigenvalue weighted by Crippen LogP contribution is 2.26. The normalized spacial score (nSPS) is 10.4. The monoisotopic (exact) mass is 284 g/mol. The number of nitrogens with zero attached hydrogens (tertiary/aromatic N) is 1. The van der Waals surface area contributed by atoms with Gasteiger partial charge in [0.1, 0.15) is 0 Å². The zero-order valence-corrected chi connectivity index (χ0v) is 12.6. The number of hydrogen-bond donors (Lipinski definition) is 1. The van der Waals surface area contributed by atoms with Crippen molar-refractivity contribution in [3.63, 3.8) is 0 Å². The molecule has 0 aromatic heterocycles. The van der Waals surface area contributed by atoms with Crippen molar-refractivity contribution in [3.05, 3.63) is 68.8 Å². The number of hydrogen-bond acceptors (Lipinski definition) is 3. The van der Waals surface area contributed by atoms with Crippen LogP contribution in [-0.4, -0.2) is 4.92 Å². The molecule has 0 aliphatic carbocycles. The van der Waals surface area contributed by atoms with Crippen LogP contribution in [0.15, 0.2) is 36.4 Å². The van der Waals surface area contributed by atoms with E-state index in [-0.39, 0.29) is 10.6 Å². The molecule has 4 nitrogen and oxygen atoms in total. The maximum absolute atomic E-state index is 11.0. The quantitative estimate of drug-likeness (QED) is 0.654. The van der Waals surface area contributed by atoms with Crippen LogP contribution < -0.4 is 5.32 Å². The second kappa shape index (κ2) is 6.39. The summed E-state index contributed by atoms with van der Waals surface area (Å²) in [5, 5.41) is 14.4. The van der Waals surface area contributed by atoms with Gasteiger partial charge in [0.25, 0.3) is 5.69 Å². The second-order valence-corrected chi connectivity index (χ2v) is 5.19. The Morgan fingerprint density at radius 3 is 2.38 bits per heavy atom. The topological polar surface area (TPSA) is 55.2 Å². The summed E-state index contributed by atoms with van der Waals surface area (Å²) in [6, 6.07) is 11.7. The first-order valence-electron chi connectivity index (χ1n) is 7.09. The zero-order chi connectivity index (χ0) is 15.4. The highest BCUT2D eigenvalue weighted by atomic mass is 16.6. The third-order valence-electron chi connectivity index (χ3n) is 3.71. The predicted octanol–water partition coefficient (Wildman–Crippen LogP) is 4.39. The number of benzene rings is 2. The lowest BCUT2D eigenvalue weighted by Gasteiger charge is -2.13. The van der Waals surface area contributed by atoms with E-state index in [0.717, 1.165) is 17.7 Å². The molecule has 2 aromatic rings. The minimum Gasteiger partial charge on any atom is -0.381 e. The van der Waals surface area contributed by atoms with E-state index in [1.165, 1.54) is 11.1 Å². The van der Waals surface area contributed by atoms with Gasteiger partial charge in [-0.1, -0.05) is 31.2 Å². The summed E-state index contributed by atoms with van der Waals surface area (Å²) in [6.45, 7) is 6.53. The molecular weight excluding hydrogens is 264 g/mol. The molecule has 1 N–H and O–H groups in total. The minimum atomic E-state index is -0.333. The lowest BCUT2D eigenvalue weighted by atomic mass is 10.0. The van der Waals surface area contributed by atoms with Gasteiger partial charge in [0.2, 0.25) is 0 Å². The molecular formula is C17H20N2O2. The van der Waals surface area contributed by atoms with Crippen molar-refractivity contribution in [2.24, 2.45) is 0 Å². The van der Waals surface area contributed by atoms with Crippen molar-refractivity contribution in [3.8, 4) is 0 Å². The largest absolute Gasteiger partial charge is 0.381 e. The molecule has 0 spiro atoms. The van der Waals surface area contributed by atoms with E-state index < -0.39 is 0 Å². The molecule has 110 valence electrons. The van der Waals surface area contributed by atoms with Crippen molar-refractivity contribution in [1.29, 1.82) is 0 Å². The fraction of sp³-hybridized carbons (Fsp3) is 0.294. The van der Waals surface area contributed by atoms with Gasteiger partial charge in [0, 0.05) is 23.9 Å². The zero-order valence-electron chi connectivity index (χ0n) is 12.6. The first-order valence-corrected chi connectivity index (χ1v) is 7.09. The van der Waals surface area contributed by atoms with E-state index in [1.54, 1.807) is 13.0 Å². The average Bonchev–Trinajstić information content (AvgIpc) is 2.46. The first-order chi connectivity index (χ1) is 10.0. The minimum absolute atomic E-state index is 0.159. The van der Waals surface area contributed by atoms with Crippen LogP contribution in [0.1, 0.15) is 29.2 Å². The summed E-state index contributed by atoms with van der Waals surface area (Å²) >= 11 is 0. The van der Waals surface area contributed by atoms with Gasteiger partial charge in [-0.25, -0.2) is 0 Å². The lowest BCUT2D eigenvalue weighted by molar-refractivity contribution is -0.385. The Bertz CT molecular complexity index is 666. The Morgan fingerprint density at radius 2 is 1.76 bits per heavy atom. The molecule has 0 saturated heterocycles. The van der Waals surface area contributed by atoms with Gasteiger partial charge in [-0.15, -0.1) is 0 Å². The maximum Gasteiger partial charge on any atom is 0.274 e. The molecule has 0 saturated carbocycles. The van der Waals surface area contributed by atoms with Crippen LogP contribution in [0, 0.1) is 24.0 Å². The molecule has 0 radical (unpaired) electrons. The number of nitro groups is 1. The van der Waals surface area contributed by atoms with Gasteiger partial charge in [-0.05, 0) is 43.0 Å². The van der Waals surface area contributed by atoms with Crippen LogP contribution in [0.3, 0.4) is 0 Å². The van der Waals surface area contributed by atoms with Gasteiger partial charge in [0.05, 0.1) is 4.92 Å². The fourth-order valence-corrected chi connectivity index (χ4v) is 2.49. The van der Waals surface area contributed by atoms with Gasteiger partial charge in [-0.3, -0.25) is 10.1 Å². The van der Waals surface area contributed by atoms with Crippen LogP contribution in [0.5, 0.6) is 0 Å². The number of nitrogens with one attached hydrogen (secondary N) is 1. The number of aryl methyl sites for hydroxylation is 3. The average molecular weight is 284 g/mol. The number of anilines is 1. The van der Waals surface area contributed by atoms with E-state index in [2.05, 4.69) is 24.4 Å². The molecule has 0 amide bonds.